The summed E-state index contributed by atoms with van der Waals surface area (Å²) in [5.41, 5.74) is 7.70. The third-order valence-electron chi connectivity index (χ3n) is 3.22. The summed E-state index contributed by atoms with van der Waals surface area (Å²) in [6, 6.07) is 10.2. The Morgan fingerprint density at radius 3 is 2.67 bits per heavy atom. The van der Waals surface area contributed by atoms with Crippen LogP contribution in [-0.4, -0.2) is 19.4 Å². The van der Waals surface area contributed by atoms with Crippen LogP contribution in [0.15, 0.2) is 30.3 Å². The van der Waals surface area contributed by atoms with Gasteiger partial charge in [0.05, 0.1) is 17.7 Å². The van der Waals surface area contributed by atoms with E-state index in [0.717, 1.165) is 18.0 Å². The van der Waals surface area contributed by atoms with Crippen molar-refractivity contribution in [1.82, 2.24) is 0 Å². The van der Waals surface area contributed by atoms with Crippen LogP contribution in [0.2, 0.25) is 0 Å². The van der Waals surface area contributed by atoms with Gasteiger partial charge >= 0.3 is 0 Å². The summed E-state index contributed by atoms with van der Waals surface area (Å²) < 4.78 is 5.32. The summed E-state index contributed by atoms with van der Waals surface area (Å²) in [7, 11) is 1.57. The van der Waals surface area contributed by atoms with Crippen molar-refractivity contribution in [3.8, 4) is 5.75 Å². The molecule has 0 amide bonds. The highest BCUT2D eigenvalue weighted by molar-refractivity contribution is 7.19. The average molecular weight is 304 g/mol. The predicted octanol–water partition coefficient (Wildman–Crippen LogP) is 3.59. The lowest BCUT2D eigenvalue weighted by molar-refractivity contribution is 0.0992. The molecule has 4 nitrogen and oxygen atoms in total. The van der Waals surface area contributed by atoms with Gasteiger partial charge in [-0.15, -0.1) is 11.3 Å². The van der Waals surface area contributed by atoms with Crippen molar-refractivity contribution in [3.05, 3.63) is 40.8 Å². The molecule has 0 saturated heterocycles. The predicted molar refractivity (Wildman–Crippen MR) is 88.5 cm³/mol. The quantitative estimate of drug-likeness (QED) is 0.767. The van der Waals surface area contributed by atoms with Crippen LogP contribution in [0.1, 0.15) is 28.6 Å². The molecule has 1 heterocycles. The van der Waals surface area contributed by atoms with Crippen LogP contribution in [0.5, 0.6) is 5.75 Å². The second-order valence-corrected chi connectivity index (χ2v) is 5.67. The number of Topliss-reactive ketones (excluding diaryl/α,β-unsaturated/α-hetero) is 1. The molecule has 0 spiro atoms. The number of thiophene rings is 1. The number of hydrogen-bond donors (Lipinski definition) is 2. The number of nitrogens with one attached hydrogen (secondary N) is 1. The number of anilines is 2. The van der Waals surface area contributed by atoms with Crippen LogP contribution in [0.25, 0.3) is 0 Å². The maximum Gasteiger partial charge on any atom is 0.176 e. The summed E-state index contributed by atoms with van der Waals surface area (Å²) in [6.45, 7) is 2.59. The van der Waals surface area contributed by atoms with E-state index in [0.29, 0.717) is 22.7 Å². The van der Waals surface area contributed by atoms with Crippen LogP contribution >= 0.6 is 11.3 Å². The topological polar surface area (TPSA) is 64.3 Å². The van der Waals surface area contributed by atoms with Crippen molar-refractivity contribution < 1.29 is 9.53 Å². The van der Waals surface area contributed by atoms with Gasteiger partial charge in [-0.2, -0.15) is 0 Å². The Morgan fingerprint density at radius 1 is 1.33 bits per heavy atom. The highest BCUT2D eigenvalue weighted by Gasteiger charge is 2.20. The zero-order valence-electron chi connectivity index (χ0n) is 12.3. The maximum atomic E-state index is 11.9. The summed E-state index contributed by atoms with van der Waals surface area (Å²) in [5.74, 6) is 0.622. The van der Waals surface area contributed by atoms with Gasteiger partial charge in [-0.3, -0.25) is 4.79 Å². The summed E-state index contributed by atoms with van der Waals surface area (Å²) in [4.78, 5) is 12.4. The lowest BCUT2D eigenvalue weighted by Crippen LogP contribution is -2.04. The van der Waals surface area contributed by atoms with Gasteiger partial charge in [-0.1, -0.05) is 37.3 Å². The number of hydrogen-bond acceptors (Lipinski definition) is 5. The summed E-state index contributed by atoms with van der Waals surface area (Å²) >= 11 is 1.37. The molecule has 112 valence electrons. The van der Waals surface area contributed by atoms with Crippen LogP contribution < -0.4 is 15.8 Å². The minimum atomic E-state index is 0.0481. The minimum absolute atomic E-state index is 0.0481. The summed E-state index contributed by atoms with van der Waals surface area (Å²) in [6.07, 6.45) is 1.34. The number of methoxy groups -OCH3 is 1. The molecule has 1 aromatic heterocycles. The second-order valence-electron chi connectivity index (χ2n) is 4.65. The minimum Gasteiger partial charge on any atom is -0.492 e. The Morgan fingerprint density at radius 2 is 2.05 bits per heavy atom. The normalized spacial score (nSPS) is 10.4. The van der Waals surface area contributed by atoms with Gasteiger partial charge in [0.2, 0.25) is 0 Å². The first kappa shape index (κ1) is 15.4. The third-order valence-corrected chi connectivity index (χ3v) is 4.41. The van der Waals surface area contributed by atoms with Crippen molar-refractivity contribution in [2.75, 3.05) is 24.7 Å². The molecule has 0 unspecified atom stereocenters. The van der Waals surface area contributed by atoms with Crippen LogP contribution in [-0.2, 0) is 6.42 Å². The molecular weight excluding hydrogens is 284 g/mol. The molecule has 0 fully saturated rings. The molecule has 0 atom stereocenters. The molecule has 0 aliphatic carbocycles. The number of nitrogens with two attached hydrogens (primary N) is 1. The number of rotatable bonds is 7. The molecule has 0 radical (unpaired) electrons. The molecule has 1 aromatic carbocycles. The van der Waals surface area contributed by atoms with E-state index in [1.807, 2.05) is 25.1 Å². The van der Waals surface area contributed by atoms with Gasteiger partial charge in [-0.05, 0) is 12.0 Å². The molecule has 2 aromatic rings. The number of ether oxygens (including phenoxy) is 1. The van der Waals surface area contributed by atoms with E-state index >= 15 is 0 Å². The first-order chi connectivity index (χ1) is 10.2. The number of benzene rings is 1. The fraction of sp³-hybridized carbons (Fsp3) is 0.312. The van der Waals surface area contributed by atoms with E-state index in [1.54, 1.807) is 7.11 Å². The van der Waals surface area contributed by atoms with Crippen molar-refractivity contribution in [3.63, 3.8) is 0 Å². The van der Waals surface area contributed by atoms with Crippen molar-refractivity contribution in [2.24, 2.45) is 0 Å². The molecule has 0 aliphatic heterocycles. The number of nitrogen functional groups attached to an aromatic ring is 1. The van der Waals surface area contributed by atoms with Crippen molar-refractivity contribution >= 4 is 27.8 Å². The Labute approximate surface area is 128 Å². The lowest BCUT2D eigenvalue weighted by Gasteiger charge is -2.07. The van der Waals surface area contributed by atoms with Gasteiger partial charge in [0, 0.05) is 13.0 Å². The highest BCUT2D eigenvalue weighted by atomic mass is 32.1. The maximum absolute atomic E-state index is 11.9. The van der Waals surface area contributed by atoms with Crippen LogP contribution in [0, 0.1) is 0 Å². The Bertz CT molecular complexity index is 608. The largest absolute Gasteiger partial charge is 0.492 e. The van der Waals surface area contributed by atoms with Gasteiger partial charge in [0.25, 0.3) is 0 Å². The summed E-state index contributed by atoms with van der Waals surface area (Å²) in [5, 5.41) is 4.14. The standard InChI is InChI=1S/C16H20N2O2S/c1-3-12(19)15-13(17)14(20-2)16(21-15)18-10-9-11-7-5-4-6-8-11/h4-8,18H,3,9-10,17H2,1-2H3. The molecule has 21 heavy (non-hydrogen) atoms. The smallest absolute Gasteiger partial charge is 0.176 e. The second kappa shape index (κ2) is 7.13. The van der Waals surface area contributed by atoms with Gasteiger partial charge < -0.3 is 15.8 Å². The number of carbonyl (C=O) groups is 1. The fourth-order valence-corrected chi connectivity index (χ4v) is 3.21. The van der Waals surface area contributed by atoms with Crippen molar-refractivity contribution in [1.29, 1.82) is 0 Å². The molecule has 0 aliphatic rings. The lowest BCUT2D eigenvalue weighted by atomic mass is 10.1. The van der Waals surface area contributed by atoms with E-state index in [-0.39, 0.29) is 5.78 Å². The van der Waals surface area contributed by atoms with E-state index in [9.17, 15) is 4.79 Å². The first-order valence-electron chi connectivity index (χ1n) is 6.94. The van der Waals surface area contributed by atoms with E-state index in [2.05, 4.69) is 17.4 Å². The monoisotopic (exact) mass is 304 g/mol. The van der Waals surface area contributed by atoms with E-state index in [4.69, 9.17) is 10.5 Å². The molecular formula is C16H20N2O2S. The SMILES string of the molecule is CCC(=O)c1sc(NCCc2ccccc2)c(OC)c1N. The van der Waals surface area contributed by atoms with Gasteiger partial charge in [0.1, 0.15) is 5.00 Å². The van der Waals surface area contributed by atoms with Gasteiger partial charge in [0.15, 0.2) is 11.5 Å². The Balaban J connectivity index is 2.07. The fourth-order valence-electron chi connectivity index (χ4n) is 2.08. The van der Waals surface area contributed by atoms with E-state index < -0.39 is 0 Å². The highest BCUT2D eigenvalue weighted by Crippen LogP contribution is 2.42. The van der Waals surface area contributed by atoms with E-state index in [1.165, 1.54) is 16.9 Å². The Kier molecular flexibility index (Phi) is 5.22. The number of ketones is 1. The molecule has 0 bridgehead atoms. The van der Waals surface area contributed by atoms with Gasteiger partial charge in [-0.25, -0.2) is 0 Å². The zero-order valence-corrected chi connectivity index (χ0v) is 13.1. The van der Waals surface area contributed by atoms with Crippen LogP contribution in [0.3, 0.4) is 0 Å². The molecule has 0 saturated carbocycles. The average Bonchev–Trinajstić information content (AvgIpc) is 2.83. The first-order valence-corrected chi connectivity index (χ1v) is 7.76. The zero-order chi connectivity index (χ0) is 15.2. The Hall–Kier alpha value is -2.01. The van der Waals surface area contributed by atoms with Crippen LogP contribution in [0.4, 0.5) is 10.7 Å². The third kappa shape index (κ3) is 3.55. The molecule has 5 heteroatoms. The van der Waals surface area contributed by atoms with Crippen molar-refractivity contribution in [2.45, 2.75) is 19.8 Å². The molecule has 2 rings (SSSR count). The number of carbonyl (C=O) groups excluding carboxylic acids is 1. The molecule has 3 N–H and O–H groups in total.